The van der Waals surface area contributed by atoms with Crippen LogP contribution in [0.25, 0.3) is 0 Å². The largest absolute Gasteiger partial charge is 0.463 e. The van der Waals surface area contributed by atoms with Gasteiger partial charge in [0.15, 0.2) is 0 Å². The summed E-state index contributed by atoms with van der Waals surface area (Å²) >= 11 is 0. The van der Waals surface area contributed by atoms with Crippen LogP contribution < -0.4 is 0 Å². The number of ether oxygens (including phenoxy) is 1. The first kappa shape index (κ1) is 23.6. The Kier molecular flexibility index (Phi) is 10.6. The van der Waals surface area contributed by atoms with Gasteiger partial charge in [-0.05, 0) is 31.4 Å². The van der Waals surface area contributed by atoms with Crippen molar-refractivity contribution in [3.8, 4) is 0 Å². The summed E-state index contributed by atoms with van der Waals surface area (Å²) in [6.07, 6.45) is 4.30. The first-order valence-electron chi connectivity index (χ1n) is 9.50. The molecule has 1 N–H and O–H groups in total. The van der Waals surface area contributed by atoms with E-state index >= 15 is 0 Å². The highest BCUT2D eigenvalue weighted by atomic mass is 32.2. The van der Waals surface area contributed by atoms with Crippen LogP contribution in [0.15, 0.2) is 29.2 Å². The topological polar surface area (TPSA) is 89.9 Å². The third-order valence-electron chi connectivity index (χ3n) is 4.07. The summed E-state index contributed by atoms with van der Waals surface area (Å²) in [5, 5.41) is 9.78. The Morgan fingerprint density at radius 3 is 2.30 bits per heavy atom. The molecule has 0 fully saturated rings. The number of aliphatic hydroxyl groups excluding tert-OH is 1. The molecule has 0 aliphatic carbocycles. The molecule has 0 aliphatic heterocycles. The lowest BCUT2D eigenvalue weighted by Crippen LogP contribution is -2.25. The summed E-state index contributed by atoms with van der Waals surface area (Å²) < 4.78 is 33.8. The average molecular weight is 401 g/mol. The van der Waals surface area contributed by atoms with Crippen molar-refractivity contribution in [2.24, 2.45) is 5.92 Å². The molecule has 1 rings (SSSR count). The van der Waals surface area contributed by atoms with Gasteiger partial charge in [0.05, 0.1) is 11.5 Å². The van der Waals surface area contributed by atoms with Crippen LogP contribution >= 0.6 is 0 Å². The lowest BCUT2D eigenvalue weighted by atomic mass is 10.0. The second-order valence-corrected chi connectivity index (χ2v) is 8.85. The van der Waals surface area contributed by atoms with E-state index in [9.17, 15) is 18.3 Å². The number of esters is 1. The van der Waals surface area contributed by atoms with Crippen LogP contribution in [-0.2, 0) is 23.8 Å². The van der Waals surface area contributed by atoms with Gasteiger partial charge in [0.2, 0.25) is 0 Å². The Morgan fingerprint density at radius 2 is 1.67 bits per heavy atom. The summed E-state index contributed by atoms with van der Waals surface area (Å²) in [6.45, 7) is 5.49. The van der Waals surface area contributed by atoms with E-state index < -0.39 is 22.8 Å². The molecule has 0 aliphatic rings. The Balaban J connectivity index is 2.20. The molecule has 0 aromatic heterocycles. The minimum absolute atomic E-state index is 0.0229. The second-order valence-electron chi connectivity index (χ2n) is 7.24. The lowest BCUT2D eigenvalue weighted by Gasteiger charge is -2.12. The zero-order chi connectivity index (χ0) is 20.3. The SMILES string of the molecule is Cc1ccc(S(=O)(=O)OCC(O)COC(=O)CCCCCCC(C)C)cc1. The molecule has 27 heavy (non-hydrogen) atoms. The predicted molar refractivity (Wildman–Crippen MR) is 104 cm³/mol. The Hall–Kier alpha value is -1.44. The van der Waals surface area contributed by atoms with Crippen molar-refractivity contribution in [2.45, 2.75) is 70.3 Å². The van der Waals surface area contributed by atoms with E-state index in [4.69, 9.17) is 8.92 Å². The van der Waals surface area contributed by atoms with Crippen molar-refractivity contribution in [3.05, 3.63) is 29.8 Å². The molecular weight excluding hydrogens is 368 g/mol. The number of unbranched alkanes of at least 4 members (excludes halogenated alkanes) is 3. The fourth-order valence-corrected chi connectivity index (χ4v) is 3.37. The molecule has 0 bridgehead atoms. The van der Waals surface area contributed by atoms with Gasteiger partial charge >= 0.3 is 5.97 Å². The van der Waals surface area contributed by atoms with Gasteiger partial charge in [-0.2, -0.15) is 8.42 Å². The number of hydrogen-bond donors (Lipinski definition) is 1. The van der Waals surface area contributed by atoms with E-state index in [2.05, 4.69) is 13.8 Å². The van der Waals surface area contributed by atoms with Gasteiger partial charge < -0.3 is 9.84 Å². The van der Waals surface area contributed by atoms with Gasteiger partial charge in [-0.15, -0.1) is 0 Å². The normalized spacial score (nSPS) is 12.9. The van der Waals surface area contributed by atoms with Crippen LogP contribution in [-0.4, -0.2) is 38.8 Å². The molecule has 1 aromatic rings. The zero-order valence-electron chi connectivity index (χ0n) is 16.5. The first-order chi connectivity index (χ1) is 12.7. The summed E-state index contributed by atoms with van der Waals surface area (Å²) in [5.41, 5.74) is 0.931. The van der Waals surface area contributed by atoms with Gasteiger partial charge in [0.25, 0.3) is 10.1 Å². The first-order valence-corrected chi connectivity index (χ1v) is 10.9. The summed E-state index contributed by atoms with van der Waals surface area (Å²) in [7, 11) is -3.94. The minimum atomic E-state index is -3.94. The number of benzene rings is 1. The van der Waals surface area contributed by atoms with Crippen LogP contribution in [0, 0.1) is 12.8 Å². The molecule has 0 amide bonds. The zero-order valence-corrected chi connectivity index (χ0v) is 17.3. The Morgan fingerprint density at radius 1 is 1.04 bits per heavy atom. The highest BCUT2D eigenvalue weighted by Crippen LogP contribution is 2.14. The number of carbonyl (C=O) groups is 1. The molecular formula is C20H32O6S. The van der Waals surface area contributed by atoms with Crippen LogP contribution in [0.5, 0.6) is 0 Å². The molecule has 0 saturated heterocycles. The van der Waals surface area contributed by atoms with Crippen molar-refractivity contribution in [3.63, 3.8) is 0 Å². The number of carbonyl (C=O) groups excluding carboxylic acids is 1. The predicted octanol–water partition coefficient (Wildman–Crippen LogP) is 3.60. The van der Waals surface area contributed by atoms with Crippen LogP contribution in [0.3, 0.4) is 0 Å². The number of hydrogen-bond acceptors (Lipinski definition) is 6. The van der Waals surface area contributed by atoms with Crippen molar-refractivity contribution in [1.82, 2.24) is 0 Å². The maximum absolute atomic E-state index is 12.0. The summed E-state index contributed by atoms with van der Waals surface area (Å²) in [5.74, 6) is 0.313. The van der Waals surface area contributed by atoms with E-state index in [-0.39, 0.29) is 17.5 Å². The smallest absolute Gasteiger partial charge is 0.305 e. The fourth-order valence-electron chi connectivity index (χ4n) is 2.43. The average Bonchev–Trinajstić information content (AvgIpc) is 2.61. The number of rotatable bonds is 13. The third-order valence-corrected chi connectivity index (χ3v) is 5.37. The maximum Gasteiger partial charge on any atom is 0.305 e. The van der Waals surface area contributed by atoms with E-state index in [0.29, 0.717) is 12.3 Å². The van der Waals surface area contributed by atoms with Crippen LogP contribution in [0.2, 0.25) is 0 Å². The van der Waals surface area contributed by atoms with Crippen LogP contribution in [0.1, 0.15) is 57.9 Å². The highest BCUT2D eigenvalue weighted by Gasteiger charge is 2.18. The van der Waals surface area contributed by atoms with E-state index in [1.54, 1.807) is 12.1 Å². The van der Waals surface area contributed by atoms with Gasteiger partial charge in [-0.1, -0.05) is 57.2 Å². The molecule has 154 valence electrons. The molecule has 6 nitrogen and oxygen atoms in total. The van der Waals surface area contributed by atoms with E-state index in [0.717, 1.165) is 31.2 Å². The van der Waals surface area contributed by atoms with Gasteiger partial charge in [0.1, 0.15) is 12.7 Å². The maximum atomic E-state index is 12.0. The van der Waals surface area contributed by atoms with Gasteiger partial charge in [0, 0.05) is 6.42 Å². The molecule has 7 heteroatoms. The van der Waals surface area contributed by atoms with Crippen molar-refractivity contribution in [1.29, 1.82) is 0 Å². The minimum Gasteiger partial charge on any atom is -0.463 e. The molecule has 0 radical (unpaired) electrons. The van der Waals surface area contributed by atoms with E-state index in [1.807, 2.05) is 6.92 Å². The lowest BCUT2D eigenvalue weighted by molar-refractivity contribution is -0.147. The highest BCUT2D eigenvalue weighted by molar-refractivity contribution is 7.86. The monoisotopic (exact) mass is 400 g/mol. The van der Waals surface area contributed by atoms with E-state index in [1.165, 1.54) is 18.6 Å². The van der Waals surface area contributed by atoms with Crippen molar-refractivity contribution >= 4 is 16.1 Å². The number of aryl methyl sites for hydroxylation is 1. The van der Waals surface area contributed by atoms with Crippen molar-refractivity contribution in [2.75, 3.05) is 13.2 Å². The molecule has 0 spiro atoms. The molecule has 0 saturated carbocycles. The van der Waals surface area contributed by atoms with Gasteiger partial charge in [-0.25, -0.2) is 0 Å². The standard InChI is InChI=1S/C20H32O6S/c1-16(2)8-6-4-5-7-9-20(22)25-14-18(21)15-26-27(23,24)19-12-10-17(3)11-13-19/h10-13,16,18,21H,4-9,14-15H2,1-3H3. The number of aliphatic hydroxyl groups is 1. The van der Waals surface area contributed by atoms with Crippen LogP contribution in [0.4, 0.5) is 0 Å². The molecule has 1 unspecified atom stereocenters. The second kappa shape index (κ2) is 12.1. The molecule has 1 atom stereocenters. The van der Waals surface area contributed by atoms with Crippen molar-refractivity contribution < 1.29 is 27.2 Å². The Labute approximate surface area is 163 Å². The summed E-state index contributed by atoms with van der Waals surface area (Å²) in [4.78, 5) is 11.7. The molecule has 1 aromatic carbocycles. The summed E-state index contributed by atoms with van der Waals surface area (Å²) in [6, 6.07) is 6.21. The molecule has 0 heterocycles. The quantitative estimate of drug-likeness (QED) is 0.309. The third kappa shape index (κ3) is 10.5. The van der Waals surface area contributed by atoms with Gasteiger partial charge in [-0.3, -0.25) is 8.98 Å². The fraction of sp³-hybridized carbons (Fsp3) is 0.650. The Bertz CT molecular complexity index is 652.